The van der Waals surface area contributed by atoms with Crippen molar-refractivity contribution in [2.45, 2.75) is 19.8 Å². The number of hydrogen-bond donors (Lipinski definition) is 0. The molecule has 0 spiro atoms. The summed E-state index contributed by atoms with van der Waals surface area (Å²) < 4.78 is 26.2. The van der Waals surface area contributed by atoms with E-state index in [4.69, 9.17) is 0 Å². The van der Waals surface area contributed by atoms with Crippen molar-refractivity contribution in [2.75, 3.05) is 19.1 Å². The maximum atomic E-state index is 11.0. The van der Waals surface area contributed by atoms with Gasteiger partial charge in [-0.1, -0.05) is 6.92 Å². The van der Waals surface area contributed by atoms with Gasteiger partial charge in [0, 0.05) is 6.26 Å². The van der Waals surface area contributed by atoms with E-state index in [-0.39, 0.29) is 17.6 Å². The van der Waals surface area contributed by atoms with E-state index in [1.54, 1.807) is 0 Å². The Morgan fingerprint density at radius 2 is 2.00 bits per heavy atom. The molecule has 0 N–H and O–H groups in total. The Bertz CT molecular complexity index is 255. The molecule has 0 aromatic rings. The van der Waals surface area contributed by atoms with Gasteiger partial charge in [-0.15, -0.1) is 0 Å². The van der Waals surface area contributed by atoms with Crippen molar-refractivity contribution < 1.29 is 17.9 Å². The topological polar surface area (TPSA) is 60.4 Å². The van der Waals surface area contributed by atoms with Crippen molar-refractivity contribution >= 4 is 15.8 Å². The van der Waals surface area contributed by atoms with Crippen LogP contribution in [0.5, 0.6) is 0 Å². The molecule has 0 aliphatic carbocycles. The number of carbonyl (C=O) groups is 1. The molecule has 0 rings (SSSR count). The maximum absolute atomic E-state index is 11.0. The second-order valence-corrected chi connectivity index (χ2v) is 5.31. The van der Waals surface area contributed by atoms with Crippen molar-refractivity contribution in [3.05, 3.63) is 0 Å². The molecular formula is C8H16O4S. The van der Waals surface area contributed by atoms with Crippen LogP contribution in [0.2, 0.25) is 0 Å². The van der Waals surface area contributed by atoms with Gasteiger partial charge in [0.05, 0.1) is 18.8 Å². The Balaban J connectivity index is 4.08. The van der Waals surface area contributed by atoms with E-state index in [0.717, 1.165) is 6.26 Å². The first-order chi connectivity index (χ1) is 5.90. The minimum Gasteiger partial charge on any atom is -0.469 e. The monoisotopic (exact) mass is 208 g/mol. The molecule has 0 heterocycles. The molecule has 0 amide bonds. The first kappa shape index (κ1) is 12.4. The van der Waals surface area contributed by atoms with Crippen molar-refractivity contribution in [2.24, 2.45) is 5.92 Å². The zero-order chi connectivity index (χ0) is 10.5. The Kier molecular flexibility index (Phi) is 4.98. The molecule has 0 radical (unpaired) electrons. The molecule has 0 fully saturated rings. The van der Waals surface area contributed by atoms with Crippen LogP contribution < -0.4 is 0 Å². The van der Waals surface area contributed by atoms with Gasteiger partial charge in [0.1, 0.15) is 9.84 Å². The molecule has 0 aromatic carbocycles. The molecule has 0 aliphatic rings. The third kappa shape index (κ3) is 5.63. The zero-order valence-corrected chi connectivity index (χ0v) is 9.06. The molecule has 0 saturated heterocycles. The normalized spacial score (nSPS) is 13.8. The molecule has 0 aliphatic heterocycles. The fourth-order valence-corrected chi connectivity index (χ4v) is 1.72. The summed E-state index contributed by atoms with van der Waals surface area (Å²) >= 11 is 0. The van der Waals surface area contributed by atoms with Crippen molar-refractivity contribution in [3.8, 4) is 0 Å². The fraction of sp³-hybridized carbons (Fsp3) is 0.875. The number of esters is 1. The fourth-order valence-electron chi connectivity index (χ4n) is 1.01. The smallest absolute Gasteiger partial charge is 0.308 e. The second-order valence-electron chi connectivity index (χ2n) is 3.05. The lowest BCUT2D eigenvalue weighted by atomic mass is 10.0. The lowest BCUT2D eigenvalue weighted by Crippen LogP contribution is -2.19. The number of rotatable bonds is 5. The van der Waals surface area contributed by atoms with Crippen LogP contribution in [0.4, 0.5) is 0 Å². The highest BCUT2D eigenvalue weighted by Gasteiger charge is 2.18. The standard InChI is InChI=1S/C8H16O4S/c1-4-7(8(9)12-2)5-6-13(3,10)11/h7H,4-6H2,1-3H3/t7-/m0/s1. The predicted octanol–water partition coefficient (Wildman–Crippen LogP) is 0.620. The molecule has 0 saturated carbocycles. The summed E-state index contributed by atoms with van der Waals surface area (Å²) in [4.78, 5) is 11.0. The van der Waals surface area contributed by atoms with Crippen LogP contribution >= 0.6 is 0 Å². The van der Waals surface area contributed by atoms with Crippen LogP contribution in [0.15, 0.2) is 0 Å². The molecule has 13 heavy (non-hydrogen) atoms. The Morgan fingerprint density at radius 3 is 2.31 bits per heavy atom. The van der Waals surface area contributed by atoms with Gasteiger partial charge >= 0.3 is 5.97 Å². The van der Waals surface area contributed by atoms with Gasteiger partial charge in [-0.3, -0.25) is 4.79 Å². The predicted molar refractivity (Wildman–Crippen MR) is 50.1 cm³/mol. The zero-order valence-electron chi connectivity index (χ0n) is 8.24. The summed E-state index contributed by atoms with van der Waals surface area (Å²) in [5, 5.41) is 0. The van der Waals surface area contributed by atoms with Gasteiger partial charge in [-0.2, -0.15) is 0 Å². The van der Waals surface area contributed by atoms with E-state index >= 15 is 0 Å². The highest BCUT2D eigenvalue weighted by atomic mass is 32.2. The number of carbonyl (C=O) groups excluding carboxylic acids is 1. The highest BCUT2D eigenvalue weighted by Crippen LogP contribution is 2.11. The van der Waals surface area contributed by atoms with E-state index < -0.39 is 9.84 Å². The average Bonchev–Trinajstić information content (AvgIpc) is 2.03. The van der Waals surface area contributed by atoms with Gasteiger partial charge < -0.3 is 4.74 Å². The maximum Gasteiger partial charge on any atom is 0.308 e. The third-order valence-electron chi connectivity index (χ3n) is 1.86. The van der Waals surface area contributed by atoms with Gasteiger partial charge in [-0.25, -0.2) is 8.42 Å². The molecule has 0 unspecified atom stereocenters. The van der Waals surface area contributed by atoms with Crippen molar-refractivity contribution in [1.82, 2.24) is 0 Å². The molecule has 4 nitrogen and oxygen atoms in total. The summed E-state index contributed by atoms with van der Waals surface area (Å²) in [6.07, 6.45) is 2.13. The van der Waals surface area contributed by atoms with Crippen LogP contribution in [0.1, 0.15) is 19.8 Å². The summed E-state index contributed by atoms with van der Waals surface area (Å²) in [6, 6.07) is 0. The molecule has 0 aromatic heterocycles. The first-order valence-electron chi connectivity index (χ1n) is 4.16. The van der Waals surface area contributed by atoms with Crippen molar-refractivity contribution in [1.29, 1.82) is 0 Å². The number of hydrogen-bond acceptors (Lipinski definition) is 4. The van der Waals surface area contributed by atoms with Crippen LogP contribution in [-0.4, -0.2) is 33.5 Å². The molecule has 1 atom stereocenters. The second kappa shape index (κ2) is 5.21. The summed E-state index contributed by atoms with van der Waals surface area (Å²) in [5.41, 5.74) is 0. The Labute approximate surface area is 79.2 Å². The number of sulfone groups is 1. The van der Waals surface area contributed by atoms with Gasteiger partial charge in [0.25, 0.3) is 0 Å². The number of methoxy groups -OCH3 is 1. The summed E-state index contributed by atoms with van der Waals surface area (Å²) in [5.74, 6) is -0.577. The minimum atomic E-state index is -2.98. The lowest BCUT2D eigenvalue weighted by Gasteiger charge is -2.10. The van der Waals surface area contributed by atoms with Gasteiger partial charge in [-0.05, 0) is 12.8 Å². The van der Waals surface area contributed by atoms with E-state index in [1.807, 2.05) is 6.92 Å². The van der Waals surface area contributed by atoms with E-state index in [1.165, 1.54) is 7.11 Å². The van der Waals surface area contributed by atoms with E-state index in [2.05, 4.69) is 4.74 Å². The third-order valence-corrected chi connectivity index (χ3v) is 2.84. The SMILES string of the molecule is CC[C@@H](CCS(C)(=O)=O)C(=O)OC. The first-order valence-corrected chi connectivity index (χ1v) is 6.22. The molecule has 0 bridgehead atoms. The quantitative estimate of drug-likeness (QED) is 0.621. The highest BCUT2D eigenvalue weighted by molar-refractivity contribution is 7.90. The Morgan fingerprint density at radius 1 is 1.46 bits per heavy atom. The van der Waals surface area contributed by atoms with Gasteiger partial charge in [0.2, 0.25) is 0 Å². The number of ether oxygens (including phenoxy) is 1. The van der Waals surface area contributed by atoms with Crippen LogP contribution in [0.25, 0.3) is 0 Å². The van der Waals surface area contributed by atoms with Crippen LogP contribution in [-0.2, 0) is 19.4 Å². The molecule has 78 valence electrons. The summed E-state index contributed by atoms with van der Waals surface area (Å²) in [7, 11) is -1.67. The van der Waals surface area contributed by atoms with E-state index in [9.17, 15) is 13.2 Å². The minimum absolute atomic E-state index is 0.0423. The van der Waals surface area contributed by atoms with Crippen molar-refractivity contribution in [3.63, 3.8) is 0 Å². The average molecular weight is 208 g/mol. The van der Waals surface area contributed by atoms with E-state index in [0.29, 0.717) is 12.8 Å². The molecular weight excluding hydrogens is 192 g/mol. The van der Waals surface area contributed by atoms with Crippen LogP contribution in [0, 0.1) is 5.92 Å². The largest absolute Gasteiger partial charge is 0.469 e. The lowest BCUT2D eigenvalue weighted by molar-refractivity contribution is -0.145. The Hall–Kier alpha value is -0.580. The molecule has 5 heteroatoms. The van der Waals surface area contributed by atoms with Gasteiger partial charge in [0.15, 0.2) is 0 Å². The van der Waals surface area contributed by atoms with Crippen LogP contribution in [0.3, 0.4) is 0 Å². The summed E-state index contributed by atoms with van der Waals surface area (Å²) in [6.45, 7) is 1.84.